The summed E-state index contributed by atoms with van der Waals surface area (Å²) in [6, 6.07) is 13.5. The summed E-state index contributed by atoms with van der Waals surface area (Å²) >= 11 is 5.07. The third-order valence-electron chi connectivity index (χ3n) is 3.82. The van der Waals surface area contributed by atoms with Crippen LogP contribution in [0.4, 0.5) is 0 Å². The molecule has 1 unspecified atom stereocenters. The molecule has 0 saturated heterocycles. The lowest BCUT2D eigenvalue weighted by Gasteiger charge is -2.23. The highest BCUT2D eigenvalue weighted by Gasteiger charge is 2.19. The van der Waals surface area contributed by atoms with Crippen LogP contribution in [0, 0.1) is 0 Å². The van der Waals surface area contributed by atoms with Crippen molar-refractivity contribution in [3.05, 3.63) is 62.9 Å². The van der Waals surface area contributed by atoms with Crippen molar-refractivity contribution >= 4 is 33.2 Å². The van der Waals surface area contributed by atoms with Crippen molar-refractivity contribution in [3.63, 3.8) is 0 Å². The van der Waals surface area contributed by atoms with E-state index in [9.17, 15) is 4.79 Å². The summed E-state index contributed by atoms with van der Waals surface area (Å²) in [6.45, 7) is 0.507. The maximum atomic E-state index is 12.4. The van der Waals surface area contributed by atoms with Gasteiger partial charge in [-0.2, -0.15) is 0 Å². The first-order chi connectivity index (χ1) is 12.0. The molecular weight excluding hydrogens is 402 g/mol. The monoisotopic (exact) mass is 419 g/mol. The van der Waals surface area contributed by atoms with E-state index in [2.05, 4.69) is 37.4 Å². The molecule has 0 saturated carbocycles. The van der Waals surface area contributed by atoms with E-state index in [0.29, 0.717) is 12.3 Å². The SMILES string of the molecule is CN(C)C(CNC(=O)c1cc(-c2ccc(Br)cc2)on1)c1cccs1. The van der Waals surface area contributed by atoms with E-state index in [-0.39, 0.29) is 17.6 Å². The van der Waals surface area contributed by atoms with Crippen molar-refractivity contribution in [2.24, 2.45) is 0 Å². The van der Waals surface area contributed by atoms with E-state index in [1.807, 2.05) is 49.8 Å². The molecule has 2 aromatic heterocycles. The van der Waals surface area contributed by atoms with Crippen LogP contribution in [0.5, 0.6) is 0 Å². The summed E-state index contributed by atoms with van der Waals surface area (Å²) in [6.07, 6.45) is 0. The molecule has 130 valence electrons. The zero-order valence-corrected chi connectivity index (χ0v) is 16.3. The average Bonchev–Trinajstić information content (AvgIpc) is 3.27. The second-order valence-corrected chi connectivity index (χ2v) is 7.68. The number of likely N-dealkylation sites (N-methyl/N-ethyl adjacent to an activating group) is 1. The van der Waals surface area contributed by atoms with E-state index >= 15 is 0 Å². The maximum absolute atomic E-state index is 12.4. The number of hydrogen-bond acceptors (Lipinski definition) is 5. The van der Waals surface area contributed by atoms with Gasteiger partial charge in [0.15, 0.2) is 11.5 Å². The second-order valence-electron chi connectivity index (χ2n) is 5.79. The number of aromatic nitrogens is 1. The van der Waals surface area contributed by atoms with Gasteiger partial charge < -0.3 is 14.7 Å². The second kappa shape index (κ2) is 7.95. The summed E-state index contributed by atoms with van der Waals surface area (Å²) in [5, 5.41) is 8.87. The maximum Gasteiger partial charge on any atom is 0.273 e. The number of nitrogens with zero attached hydrogens (tertiary/aromatic N) is 2. The third-order valence-corrected chi connectivity index (χ3v) is 5.32. The van der Waals surface area contributed by atoms with Crippen molar-refractivity contribution in [2.75, 3.05) is 20.6 Å². The van der Waals surface area contributed by atoms with Crippen LogP contribution in [0.1, 0.15) is 21.4 Å². The molecule has 0 aliphatic carbocycles. The first-order valence-electron chi connectivity index (χ1n) is 7.75. The number of benzene rings is 1. The highest BCUT2D eigenvalue weighted by atomic mass is 79.9. The molecule has 0 spiro atoms. The van der Waals surface area contributed by atoms with Crippen molar-refractivity contribution in [3.8, 4) is 11.3 Å². The molecule has 1 atom stereocenters. The van der Waals surface area contributed by atoms with E-state index in [1.165, 1.54) is 4.88 Å². The molecular formula is C18H18BrN3O2S. The normalized spacial score (nSPS) is 12.3. The van der Waals surface area contributed by atoms with E-state index in [1.54, 1.807) is 17.4 Å². The molecule has 3 rings (SSSR count). The van der Waals surface area contributed by atoms with Gasteiger partial charge in [0.2, 0.25) is 0 Å². The fourth-order valence-corrected chi connectivity index (χ4v) is 3.62. The van der Waals surface area contributed by atoms with Gasteiger partial charge in [0, 0.05) is 27.5 Å². The highest BCUT2D eigenvalue weighted by molar-refractivity contribution is 9.10. The standard InChI is InChI=1S/C18H18BrN3O2S/c1-22(2)15(17-4-3-9-25-17)11-20-18(23)14-10-16(24-21-14)12-5-7-13(19)8-6-12/h3-10,15H,11H2,1-2H3,(H,20,23). The number of amides is 1. The Morgan fingerprint density at radius 3 is 2.72 bits per heavy atom. The Labute approximate surface area is 158 Å². The number of thiophene rings is 1. The molecule has 1 aromatic carbocycles. The lowest BCUT2D eigenvalue weighted by atomic mass is 10.1. The van der Waals surface area contributed by atoms with Crippen LogP contribution < -0.4 is 5.32 Å². The van der Waals surface area contributed by atoms with Crippen LogP contribution in [-0.2, 0) is 0 Å². The predicted molar refractivity (Wildman–Crippen MR) is 103 cm³/mol. The molecule has 0 fully saturated rings. The van der Waals surface area contributed by atoms with Crippen LogP contribution in [0.2, 0.25) is 0 Å². The minimum atomic E-state index is -0.240. The molecule has 5 nitrogen and oxygen atoms in total. The van der Waals surface area contributed by atoms with Gasteiger partial charge >= 0.3 is 0 Å². The molecule has 0 aliphatic rings. The molecule has 3 aromatic rings. The number of hydrogen-bond donors (Lipinski definition) is 1. The number of nitrogens with one attached hydrogen (secondary N) is 1. The Morgan fingerprint density at radius 1 is 1.32 bits per heavy atom. The first-order valence-corrected chi connectivity index (χ1v) is 9.42. The highest BCUT2D eigenvalue weighted by Crippen LogP contribution is 2.24. The van der Waals surface area contributed by atoms with Crippen molar-refractivity contribution in [2.45, 2.75) is 6.04 Å². The van der Waals surface area contributed by atoms with Crippen molar-refractivity contribution in [1.82, 2.24) is 15.4 Å². The predicted octanol–water partition coefficient (Wildman–Crippen LogP) is 4.20. The number of carbonyl (C=O) groups is 1. The molecule has 2 heterocycles. The van der Waals surface area contributed by atoms with E-state index < -0.39 is 0 Å². The van der Waals surface area contributed by atoms with Gasteiger partial charge in [0.1, 0.15) is 0 Å². The smallest absolute Gasteiger partial charge is 0.273 e. The minimum absolute atomic E-state index is 0.127. The lowest BCUT2D eigenvalue weighted by Crippen LogP contribution is -2.34. The van der Waals surface area contributed by atoms with Gasteiger partial charge in [-0.25, -0.2) is 0 Å². The minimum Gasteiger partial charge on any atom is -0.355 e. The summed E-state index contributed by atoms with van der Waals surface area (Å²) < 4.78 is 6.29. The number of carbonyl (C=O) groups excluding carboxylic acids is 1. The van der Waals surface area contributed by atoms with Gasteiger partial charge in [-0.3, -0.25) is 4.79 Å². The van der Waals surface area contributed by atoms with Crippen LogP contribution >= 0.6 is 27.3 Å². The molecule has 0 bridgehead atoms. The summed E-state index contributed by atoms with van der Waals surface area (Å²) in [4.78, 5) is 15.7. The zero-order chi connectivity index (χ0) is 17.8. The fraction of sp³-hybridized carbons (Fsp3) is 0.222. The Kier molecular flexibility index (Phi) is 5.67. The molecule has 0 radical (unpaired) electrons. The zero-order valence-electron chi connectivity index (χ0n) is 13.9. The fourth-order valence-electron chi connectivity index (χ4n) is 2.43. The van der Waals surface area contributed by atoms with Crippen LogP contribution in [0.15, 0.2) is 56.8 Å². The lowest BCUT2D eigenvalue weighted by molar-refractivity contribution is 0.0933. The number of rotatable bonds is 6. The van der Waals surface area contributed by atoms with Crippen LogP contribution in [-0.4, -0.2) is 36.6 Å². The van der Waals surface area contributed by atoms with Crippen LogP contribution in [0.3, 0.4) is 0 Å². The van der Waals surface area contributed by atoms with Gasteiger partial charge in [0.05, 0.1) is 6.04 Å². The Bertz CT molecular complexity index is 828. The van der Waals surface area contributed by atoms with Crippen molar-refractivity contribution < 1.29 is 9.32 Å². The molecule has 7 heteroatoms. The molecule has 1 N–H and O–H groups in total. The molecule has 25 heavy (non-hydrogen) atoms. The quantitative estimate of drug-likeness (QED) is 0.650. The Morgan fingerprint density at radius 2 is 2.08 bits per heavy atom. The van der Waals surface area contributed by atoms with Crippen molar-refractivity contribution in [1.29, 1.82) is 0 Å². The summed E-state index contributed by atoms with van der Waals surface area (Å²) in [5.74, 6) is 0.329. The Hall–Kier alpha value is -1.96. The van der Waals surface area contributed by atoms with Crippen LogP contribution in [0.25, 0.3) is 11.3 Å². The number of halogens is 1. The summed E-state index contributed by atoms with van der Waals surface area (Å²) in [7, 11) is 4.00. The first kappa shape index (κ1) is 17.8. The van der Waals surface area contributed by atoms with Gasteiger partial charge in [0.25, 0.3) is 5.91 Å². The third kappa shape index (κ3) is 4.36. The van der Waals surface area contributed by atoms with Gasteiger partial charge in [-0.1, -0.05) is 39.3 Å². The van der Waals surface area contributed by atoms with Gasteiger partial charge in [-0.05, 0) is 37.7 Å². The van der Waals surface area contributed by atoms with E-state index in [0.717, 1.165) is 10.0 Å². The van der Waals surface area contributed by atoms with Gasteiger partial charge in [-0.15, -0.1) is 11.3 Å². The molecule has 1 amide bonds. The summed E-state index contributed by atoms with van der Waals surface area (Å²) in [5.41, 5.74) is 1.15. The molecule has 0 aliphatic heterocycles. The Balaban J connectivity index is 1.66. The largest absolute Gasteiger partial charge is 0.355 e. The average molecular weight is 420 g/mol. The topological polar surface area (TPSA) is 58.4 Å². The van der Waals surface area contributed by atoms with E-state index in [4.69, 9.17) is 4.52 Å².